The number of thiophene rings is 1. The topological polar surface area (TPSA) is 63.2 Å². The van der Waals surface area contributed by atoms with E-state index in [1.54, 1.807) is 41.8 Å². The highest BCUT2D eigenvalue weighted by Gasteiger charge is 2.30. The fourth-order valence-corrected chi connectivity index (χ4v) is 5.85. The molecule has 4 nitrogen and oxygen atoms in total. The summed E-state index contributed by atoms with van der Waals surface area (Å²) in [6, 6.07) is 14.1. The third-order valence-electron chi connectivity index (χ3n) is 4.46. The van der Waals surface area contributed by atoms with Crippen molar-refractivity contribution in [2.45, 2.75) is 23.5 Å². The van der Waals surface area contributed by atoms with Crippen LogP contribution in [0.5, 0.6) is 0 Å². The van der Waals surface area contributed by atoms with E-state index in [4.69, 9.17) is 11.6 Å². The lowest BCUT2D eigenvalue weighted by molar-refractivity contribution is -0.120. The summed E-state index contributed by atoms with van der Waals surface area (Å²) in [4.78, 5) is 13.0. The summed E-state index contributed by atoms with van der Waals surface area (Å²) in [5.74, 6) is -0.757. The van der Waals surface area contributed by atoms with E-state index in [0.29, 0.717) is 9.90 Å². The normalized spacial score (nSPS) is 12.5. The van der Waals surface area contributed by atoms with E-state index in [1.807, 2.05) is 0 Å². The van der Waals surface area contributed by atoms with Crippen molar-refractivity contribution in [3.63, 3.8) is 0 Å². The number of amides is 1. The maximum absolute atomic E-state index is 13.6. The zero-order valence-electron chi connectivity index (χ0n) is 15.6. The molecule has 1 N–H and O–H groups in total. The Hall–Kier alpha value is -2.22. The second kappa shape index (κ2) is 9.07. The van der Waals surface area contributed by atoms with Gasteiger partial charge in [0.25, 0.3) is 0 Å². The van der Waals surface area contributed by atoms with Gasteiger partial charge in [0.2, 0.25) is 5.91 Å². The van der Waals surface area contributed by atoms with Crippen LogP contribution in [0.3, 0.4) is 0 Å². The first kappa shape index (κ1) is 21.5. The van der Waals surface area contributed by atoms with E-state index in [9.17, 15) is 17.6 Å². The van der Waals surface area contributed by atoms with Crippen LogP contribution >= 0.6 is 22.9 Å². The zero-order valence-corrected chi connectivity index (χ0v) is 18.0. The summed E-state index contributed by atoms with van der Waals surface area (Å²) in [5, 5.41) is 4.12. The zero-order chi connectivity index (χ0) is 21.0. The van der Waals surface area contributed by atoms with Crippen molar-refractivity contribution in [2.75, 3.05) is 6.54 Å². The summed E-state index contributed by atoms with van der Waals surface area (Å²) in [6.07, 6.45) is 0.115. The molecule has 0 saturated heterocycles. The van der Waals surface area contributed by atoms with E-state index < -0.39 is 20.9 Å². The van der Waals surface area contributed by atoms with Gasteiger partial charge in [0.15, 0.2) is 9.84 Å². The third kappa shape index (κ3) is 5.23. The number of nitrogens with one attached hydrogen (secondary N) is 1. The number of halogens is 2. The molecule has 1 aromatic heterocycles. The highest BCUT2D eigenvalue weighted by Crippen LogP contribution is 2.32. The number of carbonyl (C=O) groups excluding carboxylic acids is 1. The van der Waals surface area contributed by atoms with E-state index in [-0.39, 0.29) is 29.3 Å². The largest absolute Gasteiger partial charge is 0.354 e. The highest BCUT2D eigenvalue weighted by atomic mass is 35.5. The molecular formula is C21H19ClFNO3S2. The van der Waals surface area contributed by atoms with Gasteiger partial charge in [-0.25, -0.2) is 12.8 Å². The number of sulfone groups is 1. The van der Waals surface area contributed by atoms with Gasteiger partial charge in [-0.1, -0.05) is 29.8 Å². The van der Waals surface area contributed by atoms with Gasteiger partial charge in [-0.2, -0.15) is 0 Å². The average molecular weight is 452 g/mol. The molecule has 29 heavy (non-hydrogen) atoms. The number of carbonyl (C=O) groups is 1. The summed E-state index contributed by atoms with van der Waals surface area (Å²) >= 11 is 7.15. The summed E-state index contributed by atoms with van der Waals surface area (Å²) in [5.41, 5.74) is 1.03. The van der Waals surface area contributed by atoms with Gasteiger partial charge in [-0.05, 0) is 59.8 Å². The number of hydrogen-bond acceptors (Lipinski definition) is 4. The van der Waals surface area contributed by atoms with E-state index in [1.165, 1.54) is 30.4 Å². The monoisotopic (exact) mass is 451 g/mol. The molecule has 0 unspecified atom stereocenters. The molecule has 0 radical (unpaired) electrons. The van der Waals surface area contributed by atoms with Crippen LogP contribution in [0.1, 0.15) is 21.3 Å². The second-order valence-electron chi connectivity index (χ2n) is 6.57. The molecule has 152 valence electrons. The SMILES string of the molecule is Cc1cc(S(=O)(=O)[C@H](CNC(=O)Cc2ccc(Cl)cc2)c2cccs2)ccc1F. The van der Waals surface area contributed by atoms with E-state index in [0.717, 1.165) is 11.6 Å². The van der Waals surface area contributed by atoms with Crippen LogP contribution in [0.4, 0.5) is 4.39 Å². The van der Waals surface area contributed by atoms with Crippen LogP contribution in [0.15, 0.2) is 64.9 Å². The fourth-order valence-electron chi connectivity index (χ4n) is 2.85. The Morgan fingerprint density at radius 2 is 1.90 bits per heavy atom. The first-order valence-corrected chi connectivity index (χ1v) is 11.6. The molecule has 1 heterocycles. The lowest BCUT2D eigenvalue weighted by Gasteiger charge is -2.18. The highest BCUT2D eigenvalue weighted by molar-refractivity contribution is 7.91. The van der Waals surface area contributed by atoms with Crippen LogP contribution in [-0.2, 0) is 21.1 Å². The summed E-state index contributed by atoms with van der Waals surface area (Å²) in [6.45, 7) is 1.44. The van der Waals surface area contributed by atoms with Crippen LogP contribution < -0.4 is 5.32 Å². The van der Waals surface area contributed by atoms with E-state index in [2.05, 4.69) is 5.32 Å². The molecule has 0 aliphatic rings. The molecule has 0 bridgehead atoms. The standard InChI is InChI=1S/C21H19ClFNO3S2/c1-14-11-17(8-9-18(14)23)29(26,27)20(19-3-2-10-28-19)13-24-21(25)12-15-4-6-16(22)7-5-15/h2-11,20H,12-13H2,1H3,(H,24,25)/t20-/m1/s1. The summed E-state index contributed by atoms with van der Waals surface area (Å²) in [7, 11) is -3.83. The smallest absolute Gasteiger partial charge is 0.224 e. The Morgan fingerprint density at radius 1 is 1.17 bits per heavy atom. The number of aryl methyl sites for hydroxylation is 1. The van der Waals surface area contributed by atoms with Crippen molar-refractivity contribution in [1.82, 2.24) is 5.32 Å². The Balaban J connectivity index is 1.79. The van der Waals surface area contributed by atoms with E-state index >= 15 is 0 Å². The van der Waals surface area contributed by atoms with Crippen LogP contribution in [0.25, 0.3) is 0 Å². The van der Waals surface area contributed by atoms with Gasteiger partial charge >= 0.3 is 0 Å². The molecular weight excluding hydrogens is 433 g/mol. The third-order valence-corrected chi connectivity index (χ3v) is 7.92. The molecule has 8 heteroatoms. The predicted molar refractivity (Wildman–Crippen MR) is 114 cm³/mol. The molecule has 0 spiro atoms. The Morgan fingerprint density at radius 3 is 2.52 bits per heavy atom. The van der Waals surface area contributed by atoms with Crippen molar-refractivity contribution < 1.29 is 17.6 Å². The summed E-state index contributed by atoms with van der Waals surface area (Å²) < 4.78 is 40.0. The number of hydrogen-bond donors (Lipinski definition) is 1. The van der Waals surface area contributed by atoms with Crippen molar-refractivity contribution in [2.24, 2.45) is 0 Å². The van der Waals surface area contributed by atoms with Crippen LogP contribution in [-0.4, -0.2) is 20.9 Å². The Bertz CT molecular complexity index is 1100. The van der Waals surface area contributed by atoms with Gasteiger partial charge in [-0.15, -0.1) is 11.3 Å². The lowest BCUT2D eigenvalue weighted by atomic mass is 10.1. The molecule has 0 fully saturated rings. The maximum Gasteiger partial charge on any atom is 0.224 e. The van der Waals surface area contributed by atoms with Crippen molar-refractivity contribution in [3.05, 3.63) is 86.8 Å². The quantitative estimate of drug-likeness (QED) is 0.528. The van der Waals surface area contributed by atoms with Gasteiger partial charge in [0.05, 0.1) is 11.3 Å². The van der Waals surface area contributed by atoms with Crippen molar-refractivity contribution in [3.8, 4) is 0 Å². The molecule has 1 atom stereocenters. The minimum atomic E-state index is -3.83. The van der Waals surface area contributed by atoms with Gasteiger partial charge in [-0.3, -0.25) is 4.79 Å². The molecule has 1 amide bonds. The Kier molecular flexibility index (Phi) is 6.72. The van der Waals surface area contributed by atoms with Crippen LogP contribution in [0.2, 0.25) is 5.02 Å². The number of rotatable bonds is 7. The van der Waals surface area contributed by atoms with Crippen molar-refractivity contribution in [1.29, 1.82) is 0 Å². The molecule has 3 rings (SSSR count). The molecule has 3 aromatic rings. The predicted octanol–water partition coefficient (Wildman–Crippen LogP) is 4.72. The van der Waals surface area contributed by atoms with Gasteiger partial charge in [0, 0.05) is 16.4 Å². The molecule has 0 saturated carbocycles. The lowest BCUT2D eigenvalue weighted by Crippen LogP contribution is -2.32. The van der Waals surface area contributed by atoms with Crippen LogP contribution in [0, 0.1) is 12.7 Å². The average Bonchev–Trinajstić information content (AvgIpc) is 3.20. The maximum atomic E-state index is 13.6. The van der Waals surface area contributed by atoms with Gasteiger partial charge < -0.3 is 5.32 Å². The molecule has 0 aliphatic carbocycles. The van der Waals surface area contributed by atoms with Crippen molar-refractivity contribution >= 4 is 38.7 Å². The minimum absolute atomic E-state index is 0.0294. The fraction of sp³-hybridized carbons (Fsp3) is 0.190. The second-order valence-corrected chi connectivity index (χ2v) is 10.1. The first-order valence-electron chi connectivity index (χ1n) is 8.82. The minimum Gasteiger partial charge on any atom is -0.354 e. The first-order chi connectivity index (χ1) is 13.8. The molecule has 2 aromatic carbocycles. The van der Waals surface area contributed by atoms with Gasteiger partial charge in [0.1, 0.15) is 11.1 Å². The Labute approximate surface area is 178 Å². The molecule has 0 aliphatic heterocycles. The number of benzene rings is 2.